The van der Waals surface area contributed by atoms with Crippen molar-refractivity contribution in [2.75, 3.05) is 51.3 Å². The third-order valence-corrected chi connectivity index (χ3v) is 4.73. The first-order valence-corrected chi connectivity index (χ1v) is 9.59. The van der Waals surface area contributed by atoms with Crippen LogP contribution in [0.1, 0.15) is 22.8 Å². The number of ether oxygens (including phenoxy) is 1. The highest BCUT2D eigenvalue weighted by atomic mass is 16.5. The smallest absolute Gasteiger partial charge is 0.254 e. The normalized spacial score (nSPS) is 14.7. The van der Waals surface area contributed by atoms with Crippen LogP contribution in [0, 0.1) is 0 Å². The van der Waals surface area contributed by atoms with Crippen LogP contribution in [0.5, 0.6) is 0 Å². The molecular weight excluding hydrogens is 340 g/mol. The van der Waals surface area contributed by atoms with E-state index in [1.54, 1.807) is 12.3 Å². The van der Waals surface area contributed by atoms with Crippen LogP contribution in [0.15, 0.2) is 48.7 Å². The van der Waals surface area contributed by atoms with Gasteiger partial charge in [0.15, 0.2) is 0 Å². The van der Waals surface area contributed by atoms with Gasteiger partial charge in [-0.2, -0.15) is 0 Å². The molecule has 0 unspecified atom stereocenters. The number of nitrogens with zero attached hydrogens (tertiary/aromatic N) is 3. The molecule has 1 aliphatic rings. The summed E-state index contributed by atoms with van der Waals surface area (Å²) in [5.41, 5.74) is 1.79. The van der Waals surface area contributed by atoms with Gasteiger partial charge in [-0.05, 0) is 24.6 Å². The zero-order chi connectivity index (χ0) is 18.9. The minimum atomic E-state index is 0.0278. The predicted molar refractivity (Wildman–Crippen MR) is 107 cm³/mol. The molecule has 1 aliphatic heterocycles. The van der Waals surface area contributed by atoms with E-state index in [1.807, 2.05) is 48.2 Å². The second kappa shape index (κ2) is 10.0. The van der Waals surface area contributed by atoms with Crippen LogP contribution in [0.4, 0.5) is 5.82 Å². The first-order valence-electron chi connectivity index (χ1n) is 9.59. The molecule has 144 valence electrons. The van der Waals surface area contributed by atoms with Crippen LogP contribution in [0.2, 0.25) is 0 Å². The summed E-state index contributed by atoms with van der Waals surface area (Å²) < 4.78 is 5.37. The van der Waals surface area contributed by atoms with E-state index < -0.39 is 0 Å². The molecule has 0 radical (unpaired) electrons. The molecule has 1 aromatic heterocycles. The zero-order valence-electron chi connectivity index (χ0n) is 15.9. The Morgan fingerprint density at radius 3 is 2.74 bits per heavy atom. The maximum absolute atomic E-state index is 12.9. The molecule has 0 saturated carbocycles. The first kappa shape index (κ1) is 19.3. The van der Waals surface area contributed by atoms with E-state index in [0.29, 0.717) is 18.7 Å². The predicted octanol–water partition coefficient (Wildman–Crippen LogP) is 2.49. The number of hydrogen-bond acceptors (Lipinski definition) is 5. The van der Waals surface area contributed by atoms with Crippen molar-refractivity contribution in [2.24, 2.45) is 0 Å². The molecular formula is C21H28N4O2. The summed E-state index contributed by atoms with van der Waals surface area (Å²) in [4.78, 5) is 21.5. The van der Waals surface area contributed by atoms with E-state index in [4.69, 9.17) is 4.74 Å². The summed E-state index contributed by atoms with van der Waals surface area (Å²) in [5.74, 6) is 0.768. The van der Waals surface area contributed by atoms with Crippen molar-refractivity contribution in [3.05, 3.63) is 59.8 Å². The van der Waals surface area contributed by atoms with Gasteiger partial charge in [0.2, 0.25) is 0 Å². The van der Waals surface area contributed by atoms with Crippen LogP contribution in [-0.2, 0) is 11.3 Å². The largest absolute Gasteiger partial charge is 0.379 e. The first-order chi connectivity index (χ1) is 13.3. The highest BCUT2D eigenvalue weighted by Crippen LogP contribution is 2.13. The molecule has 27 heavy (non-hydrogen) atoms. The second-order valence-corrected chi connectivity index (χ2v) is 6.62. The minimum Gasteiger partial charge on any atom is -0.379 e. The Hall–Kier alpha value is -2.44. The molecule has 0 spiro atoms. The number of carbonyl (C=O) groups excluding carboxylic acids is 1. The Morgan fingerprint density at radius 1 is 1.22 bits per heavy atom. The summed E-state index contributed by atoms with van der Waals surface area (Å²) in [6, 6.07) is 13.7. The fraction of sp³-hybridized carbons (Fsp3) is 0.429. The van der Waals surface area contributed by atoms with Gasteiger partial charge in [-0.15, -0.1) is 0 Å². The van der Waals surface area contributed by atoms with Crippen LogP contribution in [0.25, 0.3) is 0 Å². The fourth-order valence-electron chi connectivity index (χ4n) is 3.14. The van der Waals surface area contributed by atoms with Gasteiger partial charge in [0, 0.05) is 51.0 Å². The highest BCUT2D eigenvalue weighted by molar-refractivity contribution is 5.94. The van der Waals surface area contributed by atoms with Crippen LogP contribution in [0.3, 0.4) is 0 Å². The van der Waals surface area contributed by atoms with Crippen molar-refractivity contribution in [3.8, 4) is 0 Å². The van der Waals surface area contributed by atoms with Crippen LogP contribution >= 0.6 is 0 Å². The number of carbonyl (C=O) groups is 1. The van der Waals surface area contributed by atoms with Crippen LogP contribution in [-0.4, -0.2) is 66.6 Å². The minimum absolute atomic E-state index is 0.0278. The fourth-order valence-corrected chi connectivity index (χ4v) is 3.14. The lowest BCUT2D eigenvalue weighted by Gasteiger charge is -2.26. The highest BCUT2D eigenvalue weighted by Gasteiger charge is 2.15. The SMILES string of the molecule is CCN(Cc1ccccc1)C(=O)c1ccnc(NCCN2CCOCC2)c1. The van der Waals surface area contributed by atoms with Crippen molar-refractivity contribution in [2.45, 2.75) is 13.5 Å². The summed E-state index contributed by atoms with van der Waals surface area (Å²) in [5, 5.41) is 3.33. The average Bonchev–Trinajstić information content (AvgIpc) is 2.73. The van der Waals surface area contributed by atoms with Gasteiger partial charge in [-0.25, -0.2) is 4.98 Å². The molecule has 1 saturated heterocycles. The van der Waals surface area contributed by atoms with Gasteiger partial charge in [0.05, 0.1) is 13.2 Å². The summed E-state index contributed by atoms with van der Waals surface area (Å²) in [6.45, 7) is 8.56. The number of morpholine rings is 1. The maximum Gasteiger partial charge on any atom is 0.254 e. The van der Waals surface area contributed by atoms with Crippen molar-refractivity contribution in [1.29, 1.82) is 0 Å². The van der Waals surface area contributed by atoms with Gasteiger partial charge in [0.1, 0.15) is 5.82 Å². The summed E-state index contributed by atoms with van der Waals surface area (Å²) >= 11 is 0. The quantitative estimate of drug-likeness (QED) is 0.776. The van der Waals surface area contributed by atoms with Crippen molar-refractivity contribution in [3.63, 3.8) is 0 Å². The molecule has 0 aliphatic carbocycles. The van der Waals surface area contributed by atoms with E-state index in [0.717, 1.165) is 50.8 Å². The van der Waals surface area contributed by atoms with Crippen molar-refractivity contribution >= 4 is 11.7 Å². The molecule has 1 aromatic carbocycles. The Kier molecular flexibility index (Phi) is 7.19. The number of aromatic nitrogens is 1. The molecule has 0 atom stereocenters. The van der Waals surface area contributed by atoms with E-state index >= 15 is 0 Å². The lowest BCUT2D eigenvalue weighted by molar-refractivity contribution is 0.0398. The number of amides is 1. The molecule has 3 rings (SSSR count). The number of nitrogens with one attached hydrogen (secondary N) is 1. The van der Waals surface area contributed by atoms with Gasteiger partial charge >= 0.3 is 0 Å². The lowest BCUT2D eigenvalue weighted by atomic mass is 10.1. The topological polar surface area (TPSA) is 57.7 Å². The molecule has 2 aromatic rings. The Bertz CT molecular complexity index is 717. The van der Waals surface area contributed by atoms with Crippen molar-refractivity contribution < 1.29 is 9.53 Å². The second-order valence-electron chi connectivity index (χ2n) is 6.62. The molecule has 1 amide bonds. The van der Waals surface area contributed by atoms with E-state index in [2.05, 4.69) is 15.2 Å². The summed E-state index contributed by atoms with van der Waals surface area (Å²) in [7, 11) is 0. The monoisotopic (exact) mass is 368 g/mol. The molecule has 1 fully saturated rings. The summed E-state index contributed by atoms with van der Waals surface area (Å²) in [6.07, 6.45) is 1.70. The number of hydrogen-bond donors (Lipinski definition) is 1. The number of rotatable bonds is 8. The zero-order valence-corrected chi connectivity index (χ0v) is 15.9. The van der Waals surface area contributed by atoms with Gasteiger partial charge in [0.25, 0.3) is 5.91 Å². The van der Waals surface area contributed by atoms with E-state index in [1.165, 1.54) is 0 Å². The molecule has 1 N–H and O–H groups in total. The van der Waals surface area contributed by atoms with E-state index in [-0.39, 0.29) is 5.91 Å². The van der Waals surface area contributed by atoms with E-state index in [9.17, 15) is 4.79 Å². The number of pyridine rings is 1. The number of anilines is 1. The number of benzene rings is 1. The Labute approximate surface area is 161 Å². The average molecular weight is 368 g/mol. The lowest BCUT2D eigenvalue weighted by Crippen LogP contribution is -2.39. The van der Waals surface area contributed by atoms with Crippen molar-refractivity contribution in [1.82, 2.24) is 14.8 Å². The molecule has 6 nitrogen and oxygen atoms in total. The Balaban J connectivity index is 1.56. The van der Waals surface area contributed by atoms with Crippen LogP contribution < -0.4 is 5.32 Å². The Morgan fingerprint density at radius 2 is 2.00 bits per heavy atom. The molecule has 0 bridgehead atoms. The van der Waals surface area contributed by atoms with Gasteiger partial charge < -0.3 is 15.0 Å². The molecule has 2 heterocycles. The molecule has 6 heteroatoms. The van der Waals surface area contributed by atoms with Gasteiger partial charge in [-0.3, -0.25) is 9.69 Å². The standard InChI is InChI=1S/C21H28N4O2/c1-2-25(17-18-6-4-3-5-7-18)21(26)19-8-9-22-20(16-19)23-10-11-24-12-14-27-15-13-24/h3-9,16H,2,10-15,17H2,1H3,(H,22,23). The van der Waals surface area contributed by atoms with Gasteiger partial charge in [-0.1, -0.05) is 30.3 Å². The third kappa shape index (κ3) is 5.77. The third-order valence-electron chi connectivity index (χ3n) is 4.73. The maximum atomic E-state index is 12.9.